The number of nitrogens with zero attached hydrogens (tertiary/aromatic N) is 2. The predicted octanol–water partition coefficient (Wildman–Crippen LogP) is 3.26. The van der Waals surface area contributed by atoms with Crippen molar-refractivity contribution in [2.45, 2.75) is 58.4 Å². The second-order valence-electron chi connectivity index (χ2n) is 9.76. The number of carbonyl (C=O) groups is 2. The summed E-state index contributed by atoms with van der Waals surface area (Å²) in [5.41, 5.74) is -0.507. The molecule has 0 radical (unpaired) electrons. The third-order valence-corrected chi connectivity index (χ3v) is 7.45. The number of benzene rings is 1. The number of hydrogen-bond acceptors (Lipinski definition) is 6. The number of amides is 2. The molecule has 14 heteroatoms. The number of ether oxygens (including phenoxy) is 2. The summed E-state index contributed by atoms with van der Waals surface area (Å²) in [6.07, 6.45) is -6.15. The van der Waals surface area contributed by atoms with Crippen LogP contribution in [0.25, 0.3) is 0 Å². The van der Waals surface area contributed by atoms with E-state index in [0.717, 1.165) is 8.61 Å². The smallest absolute Gasteiger partial charge is 0.412 e. The van der Waals surface area contributed by atoms with Gasteiger partial charge in [0.25, 0.3) is 0 Å². The van der Waals surface area contributed by atoms with Gasteiger partial charge in [-0.3, -0.25) is 14.4 Å². The Kier molecular flexibility index (Phi) is 7.98. The van der Waals surface area contributed by atoms with Crippen LogP contribution in [0.3, 0.4) is 0 Å². The quantitative estimate of drug-likeness (QED) is 0.597. The van der Waals surface area contributed by atoms with Crippen LogP contribution in [0.2, 0.25) is 0 Å². The molecule has 2 heterocycles. The van der Waals surface area contributed by atoms with Crippen LogP contribution in [0.1, 0.15) is 40.5 Å². The highest BCUT2D eigenvalue weighted by molar-refractivity contribution is 7.90. The van der Waals surface area contributed by atoms with Crippen molar-refractivity contribution in [3.63, 3.8) is 0 Å². The van der Waals surface area contributed by atoms with Crippen molar-refractivity contribution >= 4 is 33.6 Å². The van der Waals surface area contributed by atoms with Gasteiger partial charge in [-0.2, -0.15) is 25.9 Å². The molecule has 0 spiro atoms. The maximum atomic E-state index is 13.6. The predicted molar refractivity (Wildman–Crippen MR) is 126 cm³/mol. The van der Waals surface area contributed by atoms with E-state index in [-0.39, 0.29) is 55.5 Å². The number of rotatable bonds is 5. The first-order valence-electron chi connectivity index (χ1n) is 11.5. The molecule has 1 aromatic carbocycles. The van der Waals surface area contributed by atoms with E-state index in [9.17, 15) is 31.2 Å². The number of anilines is 2. The number of nitrogens with one attached hydrogen (secondary N) is 2. The highest BCUT2D eigenvalue weighted by atomic mass is 32.2. The number of piperidine rings is 1. The Balaban J connectivity index is 1.93. The molecule has 1 saturated heterocycles. The summed E-state index contributed by atoms with van der Waals surface area (Å²) < 4.78 is 80.2. The molecule has 0 aromatic heterocycles. The Morgan fingerprint density at radius 2 is 1.89 bits per heavy atom. The van der Waals surface area contributed by atoms with Gasteiger partial charge in [-0.05, 0) is 51.8 Å². The van der Waals surface area contributed by atoms with Crippen molar-refractivity contribution in [1.82, 2.24) is 9.62 Å². The van der Waals surface area contributed by atoms with Crippen LogP contribution in [0.5, 0.6) is 5.75 Å². The molecule has 0 aliphatic carbocycles. The zero-order chi connectivity index (χ0) is 26.9. The van der Waals surface area contributed by atoms with E-state index in [2.05, 4.69) is 10.6 Å². The fourth-order valence-electron chi connectivity index (χ4n) is 3.95. The monoisotopic (exact) mass is 536 g/mol. The van der Waals surface area contributed by atoms with Crippen molar-refractivity contribution in [2.24, 2.45) is 5.92 Å². The van der Waals surface area contributed by atoms with Gasteiger partial charge in [0.1, 0.15) is 17.5 Å². The van der Waals surface area contributed by atoms with Gasteiger partial charge in [-0.15, -0.1) is 0 Å². The normalized spacial score (nSPS) is 21.2. The first kappa shape index (κ1) is 27.8. The standard InChI is InChI=1S/C22H31F3N4O6S/c1-14(30)26-11-17-13-29(36(32,33)28-9-5-6-15(12-28)22(23,24)25)18-10-16(7-8-19(18)34-17)27-20(31)35-21(2,3)4/h7-8,10,15,17H,5-6,9,11-13H2,1-4H3,(H,26,30)(H,27,31). The molecular weight excluding hydrogens is 505 g/mol. The Morgan fingerprint density at radius 3 is 2.50 bits per heavy atom. The van der Waals surface area contributed by atoms with Crippen LogP contribution in [-0.2, 0) is 19.7 Å². The van der Waals surface area contributed by atoms with E-state index in [1.807, 2.05) is 0 Å². The highest BCUT2D eigenvalue weighted by Gasteiger charge is 2.46. The number of carbonyl (C=O) groups excluding carboxylic acids is 2. The third-order valence-electron chi connectivity index (χ3n) is 5.57. The molecule has 0 saturated carbocycles. The van der Waals surface area contributed by atoms with Gasteiger partial charge < -0.3 is 14.8 Å². The Labute approximate surface area is 208 Å². The molecule has 10 nitrogen and oxygen atoms in total. The van der Waals surface area contributed by atoms with Gasteiger partial charge in [-0.1, -0.05) is 0 Å². The van der Waals surface area contributed by atoms with Crippen LogP contribution in [0.15, 0.2) is 18.2 Å². The Bertz CT molecular complexity index is 1090. The highest BCUT2D eigenvalue weighted by Crippen LogP contribution is 2.40. The van der Waals surface area contributed by atoms with Crippen molar-refractivity contribution in [3.8, 4) is 5.75 Å². The number of halogens is 3. The van der Waals surface area contributed by atoms with Crippen LogP contribution in [0, 0.1) is 5.92 Å². The van der Waals surface area contributed by atoms with Gasteiger partial charge in [-0.25, -0.2) is 4.79 Å². The van der Waals surface area contributed by atoms with Gasteiger partial charge >= 0.3 is 22.5 Å². The molecule has 3 rings (SSSR count). The van der Waals surface area contributed by atoms with E-state index < -0.39 is 46.6 Å². The summed E-state index contributed by atoms with van der Waals surface area (Å²) in [5, 5.41) is 5.08. The van der Waals surface area contributed by atoms with Crippen LogP contribution < -0.4 is 19.7 Å². The topological polar surface area (TPSA) is 117 Å². The Hall–Kier alpha value is -2.74. The third kappa shape index (κ3) is 6.93. The van der Waals surface area contributed by atoms with Crippen molar-refractivity contribution in [1.29, 1.82) is 0 Å². The van der Waals surface area contributed by atoms with Crippen molar-refractivity contribution in [2.75, 3.05) is 35.8 Å². The summed E-state index contributed by atoms with van der Waals surface area (Å²) in [5.74, 6) is -1.98. The van der Waals surface area contributed by atoms with Gasteiger partial charge in [0.2, 0.25) is 5.91 Å². The molecule has 0 bridgehead atoms. The molecule has 2 N–H and O–H groups in total. The molecule has 36 heavy (non-hydrogen) atoms. The molecule has 1 aromatic rings. The maximum Gasteiger partial charge on any atom is 0.412 e. The molecule has 1 fully saturated rings. The number of alkyl halides is 3. The van der Waals surface area contributed by atoms with E-state index >= 15 is 0 Å². The van der Waals surface area contributed by atoms with Crippen LogP contribution >= 0.6 is 0 Å². The average Bonchev–Trinajstić information content (AvgIpc) is 2.75. The minimum absolute atomic E-state index is 0.0100. The molecule has 2 amide bonds. The summed E-state index contributed by atoms with van der Waals surface area (Å²) >= 11 is 0. The summed E-state index contributed by atoms with van der Waals surface area (Å²) in [4.78, 5) is 23.6. The molecular formula is C22H31F3N4O6S. The van der Waals surface area contributed by atoms with Crippen molar-refractivity contribution in [3.05, 3.63) is 18.2 Å². The lowest BCUT2D eigenvalue weighted by molar-refractivity contribution is -0.182. The minimum atomic E-state index is -4.52. The molecule has 2 aliphatic rings. The fourth-order valence-corrected chi connectivity index (χ4v) is 5.70. The summed E-state index contributed by atoms with van der Waals surface area (Å²) in [7, 11) is -4.41. The zero-order valence-electron chi connectivity index (χ0n) is 20.5. The first-order chi connectivity index (χ1) is 16.6. The lowest BCUT2D eigenvalue weighted by Gasteiger charge is -2.40. The van der Waals surface area contributed by atoms with Gasteiger partial charge in [0.15, 0.2) is 0 Å². The summed E-state index contributed by atoms with van der Waals surface area (Å²) in [6.45, 7) is 5.34. The van der Waals surface area contributed by atoms with Gasteiger partial charge in [0, 0.05) is 25.7 Å². The molecule has 2 unspecified atom stereocenters. The molecule has 2 aliphatic heterocycles. The van der Waals surface area contributed by atoms with Crippen LogP contribution in [0.4, 0.5) is 29.3 Å². The van der Waals surface area contributed by atoms with E-state index in [1.165, 1.54) is 25.1 Å². The summed E-state index contributed by atoms with van der Waals surface area (Å²) in [6, 6.07) is 4.28. The van der Waals surface area contributed by atoms with Crippen LogP contribution in [-0.4, -0.2) is 68.8 Å². The second-order valence-corrected chi connectivity index (χ2v) is 11.6. The van der Waals surface area contributed by atoms with Crippen molar-refractivity contribution < 1.29 is 40.7 Å². The van der Waals surface area contributed by atoms with E-state index in [4.69, 9.17) is 9.47 Å². The molecule has 2 atom stereocenters. The fraction of sp³-hybridized carbons (Fsp3) is 0.636. The second kappa shape index (κ2) is 10.3. The van der Waals surface area contributed by atoms with Gasteiger partial charge in [0.05, 0.1) is 24.7 Å². The largest absolute Gasteiger partial charge is 0.484 e. The lowest BCUT2D eigenvalue weighted by Crippen LogP contribution is -2.55. The maximum absolute atomic E-state index is 13.6. The lowest BCUT2D eigenvalue weighted by atomic mass is 9.99. The minimum Gasteiger partial charge on any atom is -0.484 e. The van der Waals surface area contributed by atoms with E-state index in [1.54, 1.807) is 20.8 Å². The Morgan fingerprint density at radius 1 is 1.19 bits per heavy atom. The first-order valence-corrected chi connectivity index (χ1v) is 12.9. The SMILES string of the molecule is CC(=O)NCC1CN(S(=O)(=O)N2CCCC(C(F)(F)F)C2)c2cc(NC(=O)OC(C)(C)C)ccc2O1. The zero-order valence-corrected chi connectivity index (χ0v) is 21.3. The number of hydrogen-bond donors (Lipinski definition) is 2. The number of fused-ring (bicyclic) bond motifs is 1. The average molecular weight is 537 g/mol. The van der Waals surface area contributed by atoms with E-state index in [0.29, 0.717) is 0 Å². The molecule has 202 valence electrons.